The fourth-order valence-corrected chi connectivity index (χ4v) is 6.85. The lowest BCUT2D eigenvalue weighted by Gasteiger charge is -2.26. The normalized spacial score (nSPS) is 27.0. The van der Waals surface area contributed by atoms with Crippen LogP contribution < -0.4 is 10.1 Å². The molecule has 2 N–H and O–H groups in total. The number of allylic oxidation sites excluding steroid dienone is 1. The van der Waals surface area contributed by atoms with E-state index >= 15 is 0 Å². The van der Waals surface area contributed by atoms with E-state index in [9.17, 15) is 14.4 Å². The summed E-state index contributed by atoms with van der Waals surface area (Å²) in [6, 6.07) is 4.58. The second-order valence-electron chi connectivity index (χ2n) is 11.4. The molecule has 0 radical (unpaired) electrons. The van der Waals surface area contributed by atoms with Crippen LogP contribution in [0.1, 0.15) is 50.5 Å². The lowest BCUT2D eigenvalue weighted by Crippen LogP contribution is -2.54. The molecule has 2 amide bonds. The molecule has 0 aromatic carbocycles. The molecule has 2 aliphatic heterocycles. The van der Waals surface area contributed by atoms with E-state index in [0.29, 0.717) is 36.7 Å². The van der Waals surface area contributed by atoms with E-state index in [1.54, 1.807) is 6.20 Å². The molecule has 3 aromatic rings. The number of nitrogens with zero attached hydrogens (tertiary/aromatic N) is 4. The zero-order valence-electron chi connectivity index (χ0n) is 24.2. The van der Waals surface area contributed by atoms with Gasteiger partial charge in [0.2, 0.25) is 11.8 Å². The molecule has 43 heavy (non-hydrogen) atoms. The number of carbonyl (C=O) groups excluding carboxylic acids is 3. The number of amides is 2. The van der Waals surface area contributed by atoms with Gasteiger partial charge in [-0.1, -0.05) is 24.6 Å². The first-order chi connectivity index (χ1) is 20.8. The van der Waals surface area contributed by atoms with Gasteiger partial charge in [-0.3, -0.25) is 20.0 Å². The first-order valence-electron chi connectivity index (χ1n) is 14.6. The average Bonchev–Trinajstić information content (AvgIpc) is 3.33. The van der Waals surface area contributed by atoms with Crippen LogP contribution in [0.2, 0.25) is 0 Å². The molecular formula is C31H34N6O5S. The SMILES string of the molecule is COC(=O)[C@@]12C[C@H]1/C=C\CCCCCC(=N)C(=O)N1C[C@H](Oc3nc(-c4ccccn4)nc4c(C)csc34)C[C@H]1C(=O)N2. The fourth-order valence-electron chi connectivity index (χ4n) is 5.93. The number of hydrogen-bond donors (Lipinski definition) is 2. The van der Waals surface area contributed by atoms with Crippen molar-refractivity contribution in [1.82, 2.24) is 25.2 Å². The van der Waals surface area contributed by atoms with Gasteiger partial charge in [0.15, 0.2) is 5.82 Å². The van der Waals surface area contributed by atoms with Gasteiger partial charge in [-0.05, 0) is 62.1 Å². The predicted molar refractivity (Wildman–Crippen MR) is 161 cm³/mol. The first kappa shape index (κ1) is 28.9. The van der Waals surface area contributed by atoms with Crippen molar-refractivity contribution in [1.29, 1.82) is 5.41 Å². The van der Waals surface area contributed by atoms with E-state index in [0.717, 1.165) is 35.0 Å². The molecule has 4 atom stereocenters. The van der Waals surface area contributed by atoms with Crippen LogP contribution in [-0.2, 0) is 19.1 Å². The number of carbonyl (C=O) groups is 3. The van der Waals surface area contributed by atoms with Crippen molar-refractivity contribution in [3.63, 3.8) is 0 Å². The Morgan fingerprint density at radius 2 is 2.07 bits per heavy atom. The van der Waals surface area contributed by atoms with Crippen LogP contribution in [0.25, 0.3) is 21.7 Å². The maximum Gasteiger partial charge on any atom is 0.332 e. The van der Waals surface area contributed by atoms with Gasteiger partial charge in [0.1, 0.15) is 28.1 Å². The summed E-state index contributed by atoms with van der Waals surface area (Å²) in [7, 11) is 1.31. The largest absolute Gasteiger partial charge is 0.471 e. The van der Waals surface area contributed by atoms with Crippen molar-refractivity contribution in [3.8, 4) is 17.4 Å². The summed E-state index contributed by atoms with van der Waals surface area (Å²) < 4.78 is 12.3. The average molecular weight is 603 g/mol. The number of methoxy groups -OCH3 is 1. The summed E-state index contributed by atoms with van der Waals surface area (Å²) in [5, 5.41) is 13.4. The van der Waals surface area contributed by atoms with Gasteiger partial charge in [0.05, 0.1) is 24.9 Å². The van der Waals surface area contributed by atoms with Crippen molar-refractivity contribution in [3.05, 3.63) is 47.5 Å². The molecule has 6 rings (SSSR count). The molecular weight excluding hydrogens is 568 g/mol. The van der Waals surface area contributed by atoms with Crippen molar-refractivity contribution >= 4 is 45.0 Å². The summed E-state index contributed by atoms with van der Waals surface area (Å²) >= 11 is 1.47. The number of ether oxygens (including phenoxy) is 2. The lowest BCUT2D eigenvalue weighted by atomic mass is 10.1. The van der Waals surface area contributed by atoms with Gasteiger partial charge in [-0.15, -0.1) is 11.3 Å². The van der Waals surface area contributed by atoms with Crippen molar-refractivity contribution in [2.45, 2.75) is 69.6 Å². The third-order valence-electron chi connectivity index (χ3n) is 8.39. The Hall–Kier alpha value is -4.19. The number of aromatic nitrogens is 3. The molecule has 1 saturated heterocycles. The quantitative estimate of drug-likeness (QED) is 0.337. The minimum atomic E-state index is -1.16. The van der Waals surface area contributed by atoms with Gasteiger partial charge in [0, 0.05) is 18.5 Å². The van der Waals surface area contributed by atoms with Crippen LogP contribution in [0.3, 0.4) is 0 Å². The van der Waals surface area contributed by atoms with Crippen LogP contribution >= 0.6 is 11.3 Å². The Morgan fingerprint density at radius 1 is 1.21 bits per heavy atom. The van der Waals surface area contributed by atoms with Crippen LogP contribution in [0.15, 0.2) is 41.9 Å². The summed E-state index contributed by atoms with van der Waals surface area (Å²) in [4.78, 5) is 55.4. The van der Waals surface area contributed by atoms with Crippen molar-refractivity contribution in [2.75, 3.05) is 13.7 Å². The smallest absolute Gasteiger partial charge is 0.332 e. The van der Waals surface area contributed by atoms with Crippen LogP contribution in [0.4, 0.5) is 0 Å². The number of thiophene rings is 1. The summed E-state index contributed by atoms with van der Waals surface area (Å²) in [6.07, 6.45) is 9.40. The number of esters is 1. The highest BCUT2D eigenvalue weighted by Crippen LogP contribution is 2.46. The van der Waals surface area contributed by atoms with Gasteiger partial charge in [-0.25, -0.2) is 9.78 Å². The zero-order chi connectivity index (χ0) is 30.1. The molecule has 12 heteroatoms. The topological polar surface area (TPSA) is 147 Å². The fraction of sp³-hybridized carbons (Fsp3) is 0.452. The van der Waals surface area contributed by atoms with Crippen molar-refractivity contribution < 1.29 is 23.9 Å². The van der Waals surface area contributed by atoms with Gasteiger partial charge < -0.3 is 19.7 Å². The number of pyridine rings is 1. The Balaban J connectivity index is 1.31. The molecule has 224 valence electrons. The van der Waals surface area contributed by atoms with E-state index in [1.807, 2.05) is 42.7 Å². The Morgan fingerprint density at radius 3 is 2.86 bits per heavy atom. The van der Waals surface area contributed by atoms with Gasteiger partial charge in [0.25, 0.3) is 5.91 Å². The Bertz CT molecular complexity index is 1610. The number of nitrogens with one attached hydrogen (secondary N) is 2. The zero-order valence-corrected chi connectivity index (χ0v) is 25.0. The standard InChI is InChI=1S/C31H34N6O5S/c1-18-17-43-25-24(18)34-26(22-12-8-9-13-33-22)35-28(25)42-20-14-23-27(38)36-31(30(40)41-2)15-19(31)10-6-4-3-5-7-11-21(32)29(39)37(23)16-20/h6,8-10,12-13,17,19-20,23,32H,3-5,7,11,14-16H2,1-2H3,(H,36,38)/b10-6-,32-21?/t19-,20-,23+,31-/m1/s1. The number of aryl methyl sites for hydroxylation is 1. The van der Waals surface area contributed by atoms with Gasteiger partial charge >= 0.3 is 5.97 Å². The lowest BCUT2D eigenvalue weighted by molar-refractivity contribution is -0.147. The van der Waals surface area contributed by atoms with E-state index in [2.05, 4.69) is 10.3 Å². The Labute approximate surface area is 253 Å². The second-order valence-corrected chi connectivity index (χ2v) is 12.3. The van der Waals surface area contributed by atoms with Gasteiger partial charge in [-0.2, -0.15) is 4.98 Å². The highest BCUT2D eigenvalue weighted by atomic mass is 32.1. The highest BCUT2D eigenvalue weighted by Gasteiger charge is 2.62. The molecule has 3 aliphatic rings. The molecule has 1 saturated carbocycles. The molecule has 0 bridgehead atoms. The highest BCUT2D eigenvalue weighted by molar-refractivity contribution is 7.17. The number of fused-ring (bicyclic) bond motifs is 3. The predicted octanol–water partition coefficient (Wildman–Crippen LogP) is 4.00. The minimum Gasteiger partial charge on any atom is -0.471 e. The minimum absolute atomic E-state index is 0.0356. The summed E-state index contributed by atoms with van der Waals surface area (Å²) in [5.41, 5.74) is 1.14. The Kier molecular flexibility index (Phi) is 7.95. The van der Waals surface area contributed by atoms with E-state index in [1.165, 1.54) is 23.3 Å². The molecule has 1 aliphatic carbocycles. The summed E-state index contributed by atoms with van der Waals surface area (Å²) in [5.74, 6) is -0.857. The molecule has 0 spiro atoms. The van der Waals surface area contributed by atoms with E-state index in [-0.39, 0.29) is 24.6 Å². The molecule has 0 unspecified atom stereocenters. The molecule has 3 aromatic heterocycles. The maximum atomic E-state index is 13.8. The summed E-state index contributed by atoms with van der Waals surface area (Å²) in [6.45, 7) is 2.07. The van der Waals surface area contributed by atoms with E-state index in [4.69, 9.17) is 24.9 Å². The van der Waals surface area contributed by atoms with E-state index < -0.39 is 35.5 Å². The molecule has 5 heterocycles. The molecule has 2 fully saturated rings. The second kappa shape index (κ2) is 11.8. The van der Waals surface area contributed by atoms with Crippen LogP contribution in [0.5, 0.6) is 5.88 Å². The number of rotatable bonds is 4. The van der Waals surface area contributed by atoms with Crippen LogP contribution in [-0.4, -0.2) is 74.7 Å². The van der Waals surface area contributed by atoms with Crippen molar-refractivity contribution in [2.24, 2.45) is 5.92 Å². The third-order valence-corrected chi connectivity index (χ3v) is 9.47. The monoisotopic (exact) mass is 602 g/mol. The maximum absolute atomic E-state index is 13.8. The third kappa shape index (κ3) is 5.63. The molecule has 11 nitrogen and oxygen atoms in total. The van der Waals surface area contributed by atoms with Crippen LogP contribution in [0, 0.1) is 18.3 Å². The first-order valence-corrected chi connectivity index (χ1v) is 15.5. The number of hydrogen-bond acceptors (Lipinski definition) is 10.